The number of rotatable bonds is 6. The summed E-state index contributed by atoms with van der Waals surface area (Å²) in [4.78, 5) is 22.5. The molecule has 0 spiro atoms. The van der Waals surface area contributed by atoms with Crippen molar-refractivity contribution in [2.24, 2.45) is 0 Å². The molecule has 0 saturated carbocycles. The van der Waals surface area contributed by atoms with Crippen molar-refractivity contribution in [2.75, 3.05) is 11.6 Å². The molecule has 1 N–H and O–H groups in total. The maximum Gasteiger partial charge on any atom is 0.324 e. The van der Waals surface area contributed by atoms with Crippen LogP contribution in [0.4, 0.5) is 11.0 Å². The van der Waals surface area contributed by atoms with Gasteiger partial charge in [0.25, 0.3) is 5.91 Å². The molecule has 0 radical (unpaired) electrons. The molecule has 10 nitrogen and oxygen atoms in total. The summed E-state index contributed by atoms with van der Waals surface area (Å²) in [5, 5.41) is 20.4. The predicted octanol–water partition coefficient (Wildman–Crippen LogP) is 2.29. The minimum absolute atomic E-state index is 0.137. The summed E-state index contributed by atoms with van der Waals surface area (Å²) in [6, 6.07) is 8.64. The largest absolute Gasteiger partial charge is 0.407 e. The maximum absolute atomic E-state index is 12.0. The molecule has 0 aliphatic rings. The number of carbonyl (C=O) groups excluding carboxylic acids is 1. The molecule has 2 heterocycles. The van der Waals surface area contributed by atoms with E-state index in [9.17, 15) is 23.3 Å². The number of anilines is 1. The average molecular weight is 408 g/mol. The Kier molecular flexibility index (Phi) is 5.01. The van der Waals surface area contributed by atoms with E-state index in [0.29, 0.717) is 0 Å². The number of amides is 1. The van der Waals surface area contributed by atoms with Gasteiger partial charge in [-0.15, -0.1) is 5.10 Å². The van der Waals surface area contributed by atoms with Gasteiger partial charge in [0.2, 0.25) is 5.89 Å². The first-order valence-electron chi connectivity index (χ1n) is 7.39. The number of sulfone groups is 1. The van der Waals surface area contributed by atoms with E-state index in [1.807, 2.05) is 0 Å². The zero-order valence-corrected chi connectivity index (χ0v) is 15.4. The first kappa shape index (κ1) is 18.7. The molecule has 0 aliphatic carbocycles. The lowest BCUT2D eigenvalue weighted by Gasteiger charge is -2.00. The number of aromatic nitrogens is 2. The van der Waals surface area contributed by atoms with Crippen LogP contribution in [-0.2, 0) is 16.3 Å². The van der Waals surface area contributed by atoms with Gasteiger partial charge in [-0.3, -0.25) is 20.2 Å². The molecule has 3 aromatic rings. The van der Waals surface area contributed by atoms with Crippen molar-refractivity contribution in [3.63, 3.8) is 0 Å². The van der Waals surface area contributed by atoms with Gasteiger partial charge in [-0.1, -0.05) is 28.6 Å². The molecule has 27 heavy (non-hydrogen) atoms. The van der Waals surface area contributed by atoms with Crippen LogP contribution < -0.4 is 5.32 Å². The number of nitrogens with one attached hydrogen (secondary N) is 1. The van der Waals surface area contributed by atoms with Gasteiger partial charge < -0.3 is 4.42 Å². The molecule has 0 unspecified atom stereocenters. The highest BCUT2D eigenvalue weighted by Gasteiger charge is 2.17. The van der Waals surface area contributed by atoms with E-state index in [0.717, 1.165) is 23.2 Å². The Hall–Kier alpha value is -3.12. The highest BCUT2D eigenvalue weighted by molar-refractivity contribution is 7.90. The summed E-state index contributed by atoms with van der Waals surface area (Å²) in [7, 11) is -3.27. The van der Waals surface area contributed by atoms with Gasteiger partial charge in [0.1, 0.15) is 0 Å². The molecule has 3 rings (SSSR count). The fourth-order valence-corrected chi connectivity index (χ4v) is 3.46. The SMILES string of the molecule is CS(=O)(=O)c1ccc(Cc2nnc(NC(=O)c3ccc([N+](=O)[O-])s3)o2)cc1. The van der Waals surface area contributed by atoms with Crippen molar-refractivity contribution in [2.45, 2.75) is 11.3 Å². The summed E-state index contributed by atoms with van der Waals surface area (Å²) in [5.41, 5.74) is 0.748. The lowest BCUT2D eigenvalue weighted by molar-refractivity contribution is -0.380. The second-order valence-electron chi connectivity index (χ2n) is 5.44. The molecule has 0 fully saturated rings. The van der Waals surface area contributed by atoms with E-state index < -0.39 is 20.7 Å². The number of nitrogens with zero attached hydrogens (tertiary/aromatic N) is 3. The van der Waals surface area contributed by atoms with E-state index in [1.54, 1.807) is 12.1 Å². The summed E-state index contributed by atoms with van der Waals surface area (Å²) in [6.07, 6.45) is 1.37. The van der Waals surface area contributed by atoms with E-state index in [2.05, 4.69) is 15.5 Å². The predicted molar refractivity (Wildman–Crippen MR) is 95.6 cm³/mol. The molecular weight excluding hydrogens is 396 g/mol. The van der Waals surface area contributed by atoms with Gasteiger partial charge in [0, 0.05) is 12.3 Å². The molecular formula is C15H12N4O6S2. The minimum Gasteiger partial charge on any atom is -0.407 e. The fraction of sp³-hybridized carbons (Fsp3) is 0.133. The number of thiophene rings is 1. The number of nitro groups is 1. The van der Waals surface area contributed by atoms with Gasteiger partial charge in [0.05, 0.1) is 21.1 Å². The van der Waals surface area contributed by atoms with Crippen molar-refractivity contribution in [3.05, 3.63) is 62.8 Å². The standard InChI is InChI=1S/C15H12N4O6S2/c1-27(23,24)10-4-2-9(3-5-10)8-12-17-18-15(25-12)16-14(20)11-6-7-13(26-11)19(21)22/h2-7H,8H2,1H3,(H,16,18,20). The molecule has 0 bridgehead atoms. The van der Waals surface area contributed by atoms with Crippen LogP contribution in [0.1, 0.15) is 21.1 Å². The Morgan fingerprint density at radius 2 is 1.93 bits per heavy atom. The first-order valence-corrected chi connectivity index (χ1v) is 10.1. The highest BCUT2D eigenvalue weighted by Crippen LogP contribution is 2.24. The second-order valence-corrected chi connectivity index (χ2v) is 8.52. The van der Waals surface area contributed by atoms with Gasteiger partial charge in [-0.25, -0.2) is 8.42 Å². The molecule has 12 heteroatoms. The molecule has 0 atom stereocenters. The van der Waals surface area contributed by atoms with Crippen LogP contribution in [0.3, 0.4) is 0 Å². The Balaban J connectivity index is 1.65. The number of carbonyl (C=O) groups is 1. The Bertz CT molecular complexity index is 1100. The van der Waals surface area contributed by atoms with Crippen LogP contribution in [0.15, 0.2) is 45.7 Å². The fourth-order valence-electron chi connectivity index (χ4n) is 2.11. The minimum atomic E-state index is -3.27. The van der Waals surface area contributed by atoms with E-state index >= 15 is 0 Å². The first-order chi connectivity index (χ1) is 12.7. The third-order valence-corrected chi connectivity index (χ3v) is 5.55. The monoisotopic (exact) mass is 408 g/mol. The van der Waals surface area contributed by atoms with Crippen LogP contribution in [0.5, 0.6) is 0 Å². The lowest BCUT2D eigenvalue weighted by Crippen LogP contribution is -2.10. The van der Waals surface area contributed by atoms with E-state index in [-0.39, 0.29) is 33.1 Å². The average Bonchev–Trinajstić information content (AvgIpc) is 3.24. The van der Waals surface area contributed by atoms with Gasteiger partial charge in [0.15, 0.2) is 9.84 Å². The molecule has 0 saturated heterocycles. The van der Waals surface area contributed by atoms with Crippen LogP contribution >= 0.6 is 11.3 Å². The highest BCUT2D eigenvalue weighted by atomic mass is 32.2. The second kappa shape index (κ2) is 7.25. The third-order valence-electron chi connectivity index (χ3n) is 3.39. The van der Waals surface area contributed by atoms with Crippen LogP contribution in [0.25, 0.3) is 0 Å². The maximum atomic E-state index is 12.0. The third kappa shape index (κ3) is 4.54. The van der Waals surface area contributed by atoms with Crippen molar-refractivity contribution < 1.29 is 22.6 Å². The Morgan fingerprint density at radius 3 is 2.52 bits per heavy atom. The summed E-state index contributed by atoms with van der Waals surface area (Å²) >= 11 is 0.731. The molecule has 1 amide bonds. The molecule has 0 aliphatic heterocycles. The zero-order chi connectivity index (χ0) is 19.6. The summed E-state index contributed by atoms with van der Waals surface area (Å²) < 4.78 is 28.2. The number of hydrogen-bond donors (Lipinski definition) is 1. The van der Waals surface area contributed by atoms with Gasteiger partial charge in [-0.05, 0) is 23.8 Å². The topological polar surface area (TPSA) is 145 Å². The summed E-state index contributed by atoms with van der Waals surface area (Å²) in [6.45, 7) is 0. The smallest absolute Gasteiger partial charge is 0.324 e. The van der Waals surface area contributed by atoms with Crippen LogP contribution in [0.2, 0.25) is 0 Å². The van der Waals surface area contributed by atoms with Crippen LogP contribution in [-0.4, -0.2) is 35.7 Å². The molecule has 140 valence electrons. The Morgan fingerprint density at radius 1 is 1.22 bits per heavy atom. The number of hydrogen-bond acceptors (Lipinski definition) is 9. The van der Waals surface area contributed by atoms with E-state index in [1.165, 1.54) is 24.3 Å². The lowest BCUT2D eigenvalue weighted by atomic mass is 10.1. The number of benzene rings is 1. The molecule has 1 aromatic carbocycles. The van der Waals surface area contributed by atoms with Crippen LogP contribution in [0, 0.1) is 10.1 Å². The van der Waals surface area contributed by atoms with Gasteiger partial charge in [-0.2, -0.15) is 0 Å². The van der Waals surface area contributed by atoms with E-state index in [4.69, 9.17) is 4.42 Å². The Labute approximate surface area is 156 Å². The van der Waals surface area contributed by atoms with Crippen molar-refractivity contribution in [3.8, 4) is 0 Å². The normalized spacial score (nSPS) is 11.3. The van der Waals surface area contributed by atoms with Gasteiger partial charge >= 0.3 is 11.0 Å². The van der Waals surface area contributed by atoms with Crippen molar-refractivity contribution in [1.29, 1.82) is 0 Å². The quantitative estimate of drug-likeness (QED) is 0.483. The molecule has 2 aromatic heterocycles. The van der Waals surface area contributed by atoms with Crippen molar-refractivity contribution >= 4 is 38.1 Å². The zero-order valence-electron chi connectivity index (χ0n) is 13.8. The van der Waals surface area contributed by atoms with Crippen molar-refractivity contribution in [1.82, 2.24) is 10.2 Å². The summed E-state index contributed by atoms with van der Waals surface area (Å²) in [5.74, 6) is -0.379.